The number of amides is 4. The number of carbonyl (C=O) groups is 4. The summed E-state index contributed by atoms with van der Waals surface area (Å²) in [5.41, 5.74) is 1.45. The summed E-state index contributed by atoms with van der Waals surface area (Å²) in [6.07, 6.45) is 1.41. The van der Waals surface area contributed by atoms with E-state index >= 15 is 0 Å². The van der Waals surface area contributed by atoms with E-state index in [2.05, 4.69) is 15.7 Å². The average Bonchev–Trinajstić information content (AvgIpc) is 2.91. The molecule has 0 saturated carbocycles. The molecule has 138 valence electrons. The monoisotopic (exact) mass is 368 g/mol. The van der Waals surface area contributed by atoms with Crippen molar-refractivity contribution in [3.8, 4) is 0 Å². The molecule has 1 aliphatic heterocycles. The maximum atomic E-state index is 12.6. The second kappa shape index (κ2) is 7.24. The minimum atomic E-state index is -1.31. The lowest BCUT2D eigenvalue weighted by Crippen LogP contribution is -2.49. The lowest BCUT2D eigenvalue weighted by atomic mass is 9.92. The van der Waals surface area contributed by atoms with Crippen molar-refractivity contribution in [3.05, 3.63) is 66.0 Å². The summed E-state index contributed by atoms with van der Waals surface area (Å²) in [7, 11) is 0. The molecule has 0 unspecified atom stereocenters. The van der Waals surface area contributed by atoms with E-state index in [0.29, 0.717) is 10.6 Å². The van der Waals surface area contributed by atoms with Crippen molar-refractivity contribution in [1.29, 1.82) is 0 Å². The van der Waals surface area contributed by atoms with Gasteiger partial charge in [0.15, 0.2) is 6.61 Å². The van der Waals surface area contributed by atoms with Gasteiger partial charge in [-0.25, -0.2) is 14.6 Å². The molecule has 1 saturated heterocycles. The first-order valence-corrected chi connectivity index (χ1v) is 8.01. The summed E-state index contributed by atoms with van der Waals surface area (Å²) in [6, 6.07) is 12.5. The maximum absolute atomic E-state index is 12.6. The summed E-state index contributed by atoms with van der Waals surface area (Å²) in [5, 5.41) is 3.12. The van der Waals surface area contributed by atoms with E-state index in [9.17, 15) is 19.2 Å². The molecule has 0 radical (unpaired) electrons. The Balaban J connectivity index is 1.62. The van der Waals surface area contributed by atoms with Crippen LogP contribution in [0.25, 0.3) is 0 Å². The predicted molar refractivity (Wildman–Crippen MR) is 91.8 cm³/mol. The standard InChI is InChI=1S/C18H16N4O5/c1-18(12-7-3-2-4-8-12)16(25)22(17(26)20-18)21-14(23)11-27-15(24)13-9-5-6-10-19-13/h2-10H,11H2,1H3,(H,20,26)(H,21,23)/t18-/m0/s1. The number of pyridine rings is 1. The summed E-state index contributed by atoms with van der Waals surface area (Å²) in [6.45, 7) is 0.865. The van der Waals surface area contributed by atoms with Crippen molar-refractivity contribution in [2.24, 2.45) is 0 Å². The van der Waals surface area contributed by atoms with E-state index in [1.807, 2.05) is 0 Å². The average molecular weight is 368 g/mol. The van der Waals surface area contributed by atoms with Gasteiger partial charge in [-0.15, -0.1) is 0 Å². The number of imide groups is 1. The van der Waals surface area contributed by atoms with E-state index in [1.165, 1.54) is 19.2 Å². The number of rotatable bonds is 5. The van der Waals surface area contributed by atoms with Crippen LogP contribution >= 0.6 is 0 Å². The van der Waals surface area contributed by atoms with Crippen LogP contribution in [-0.2, 0) is 19.9 Å². The van der Waals surface area contributed by atoms with Crippen LogP contribution < -0.4 is 10.7 Å². The van der Waals surface area contributed by atoms with Gasteiger partial charge in [-0.1, -0.05) is 36.4 Å². The quantitative estimate of drug-likeness (QED) is 0.594. The molecule has 1 aliphatic rings. The van der Waals surface area contributed by atoms with Crippen molar-refractivity contribution < 1.29 is 23.9 Å². The molecular formula is C18H16N4O5. The first-order valence-electron chi connectivity index (χ1n) is 8.01. The Hall–Kier alpha value is -3.75. The van der Waals surface area contributed by atoms with Crippen LogP contribution in [0.3, 0.4) is 0 Å². The normalized spacial score (nSPS) is 18.8. The lowest BCUT2D eigenvalue weighted by Gasteiger charge is -2.22. The zero-order chi connectivity index (χ0) is 19.4. The number of ether oxygens (including phenoxy) is 1. The minimum Gasteiger partial charge on any atom is -0.451 e. The van der Waals surface area contributed by atoms with Crippen molar-refractivity contribution >= 4 is 23.8 Å². The van der Waals surface area contributed by atoms with Crippen LogP contribution in [-0.4, -0.2) is 40.4 Å². The Bertz CT molecular complexity index is 887. The van der Waals surface area contributed by atoms with Crippen LogP contribution in [0.15, 0.2) is 54.7 Å². The van der Waals surface area contributed by atoms with Gasteiger partial charge >= 0.3 is 12.0 Å². The molecule has 3 rings (SSSR count). The Morgan fingerprint density at radius 3 is 2.52 bits per heavy atom. The number of esters is 1. The Morgan fingerprint density at radius 1 is 1.15 bits per heavy atom. The van der Waals surface area contributed by atoms with E-state index in [0.717, 1.165) is 0 Å². The smallest absolute Gasteiger partial charge is 0.357 e. The van der Waals surface area contributed by atoms with Crippen molar-refractivity contribution in [2.75, 3.05) is 6.61 Å². The number of aromatic nitrogens is 1. The number of hydrogen-bond donors (Lipinski definition) is 2. The fourth-order valence-corrected chi connectivity index (χ4v) is 2.55. The number of nitrogens with zero attached hydrogens (tertiary/aromatic N) is 2. The third kappa shape index (κ3) is 3.61. The fourth-order valence-electron chi connectivity index (χ4n) is 2.55. The highest BCUT2D eigenvalue weighted by Gasteiger charge is 2.49. The molecule has 1 atom stereocenters. The second-order valence-electron chi connectivity index (χ2n) is 5.89. The van der Waals surface area contributed by atoms with Gasteiger partial charge in [0.2, 0.25) is 0 Å². The van der Waals surface area contributed by atoms with Gasteiger partial charge in [0.1, 0.15) is 11.2 Å². The number of nitrogens with one attached hydrogen (secondary N) is 2. The topological polar surface area (TPSA) is 118 Å². The van der Waals surface area contributed by atoms with E-state index in [1.54, 1.807) is 42.5 Å². The van der Waals surface area contributed by atoms with Crippen LogP contribution in [0.4, 0.5) is 4.79 Å². The SMILES string of the molecule is C[C@@]1(c2ccccc2)NC(=O)N(NC(=O)COC(=O)c2ccccn2)C1=O. The zero-order valence-corrected chi connectivity index (χ0v) is 14.3. The number of hydrazine groups is 1. The summed E-state index contributed by atoms with van der Waals surface area (Å²) in [4.78, 5) is 52.3. The van der Waals surface area contributed by atoms with Crippen molar-refractivity contribution in [1.82, 2.24) is 20.7 Å². The van der Waals surface area contributed by atoms with E-state index in [4.69, 9.17) is 4.74 Å². The summed E-state index contributed by atoms with van der Waals surface area (Å²) in [5.74, 6) is -2.28. The van der Waals surface area contributed by atoms with Crippen LogP contribution in [0.2, 0.25) is 0 Å². The Morgan fingerprint density at radius 2 is 1.85 bits per heavy atom. The first kappa shape index (κ1) is 18.1. The Labute approximate surface area is 154 Å². The van der Waals surface area contributed by atoms with Crippen molar-refractivity contribution in [2.45, 2.75) is 12.5 Å². The van der Waals surface area contributed by atoms with Gasteiger partial charge in [-0.05, 0) is 24.6 Å². The molecule has 2 heterocycles. The van der Waals surface area contributed by atoms with Crippen LogP contribution in [0.1, 0.15) is 23.0 Å². The van der Waals surface area contributed by atoms with Crippen molar-refractivity contribution in [3.63, 3.8) is 0 Å². The van der Waals surface area contributed by atoms with Gasteiger partial charge in [0, 0.05) is 6.20 Å². The molecule has 2 N–H and O–H groups in total. The molecule has 0 aliphatic carbocycles. The molecule has 9 nitrogen and oxygen atoms in total. The molecule has 1 aromatic heterocycles. The van der Waals surface area contributed by atoms with Gasteiger partial charge < -0.3 is 10.1 Å². The van der Waals surface area contributed by atoms with Crippen LogP contribution in [0.5, 0.6) is 0 Å². The van der Waals surface area contributed by atoms with E-state index < -0.39 is 36.0 Å². The molecular weight excluding hydrogens is 352 g/mol. The van der Waals surface area contributed by atoms with Gasteiger partial charge in [-0.3, -0.25) is 15.0 Å². The maximum Gasteiger partial charge on any atom is 0.357 e. The zero-order valence-electron chi connectivity index (χ0n) is 14.3. The number of hydrogen-bond acceptors (Lipinski definition) is 6. The Kier molecular flexibility index (Phi) is 4.84. The lowest BCUT2D eigenvalue weighted by molar-refractivity contribution is -0.140. The first-order chi connectivity index (χ1) is 12.9. The van der Waals surface area contributed by atoms with Gasteiger partial charge in [0.05, 0.1) is 0 Å². The highest BCUT2D eigenvalue weighted by atomic mass is 16.5. The molecule has 0 bridgehead atoms. The minimum absolute atomic E-state index is 0.0388. The fraction of sp³-hybridized carbons (Fsp3) is 0.167. The van der Waals surface area contributed by atoms with Gasteiger partial charge in [-0.2, -0.15) is 5.01 Å². The van der Waals surface area contributed by atoms with Crippen LogP contribution in [0, 0.1) is 0 Å². The molecule has 1 aromatic carbocycles. The summed E-state index contributed by atoms with van der Waals surface area (Å²) < 4.78 is 4.82. The largest absolute Gasteiger partial charge is 0.451 e. The molecule has 4 amide bonds. The van der Waals surface area contributed by atoms with E-state index in [-0.39, 0.29) is 5.69 Å². The second-order valence-corrected chi connectivity index (χ2v) is 5.89. The molecule has 9 heteroatoms. The molecule has 0 spiro atoms. The van der Waals surface area contributed by atoms with Gasteiger partial charge in [0.25, 0.3) is 11.8 Å². The predicted octanol–water partition coefficient (Wildman–Crippen LogP) is 0.737. The molecule has 1 fully saturated rings. The third-order valence-corrected chi connectivity index (χ3v) is 3.99. The number of benzene rings is 1. The molecule has 27 heavy (non-hydrogen) atoms. The highest BCUT2D eigenvalue weighted by molar-refractivity contribution is 6.08. The number of urea groups is 1. The number of carbonyl (C=O) groups excluding carboxylic acids is 4. The highest BCUT2D eigenvalue weighted by Crippen LogP contribution is 2.27. The third-order valence-electron chi connectivity index (χ3n) is 3.99. The summed E-state index contributed by atoms with van der Waals surface area (Å²) >= 11 is 0. The molecule has 2 aromatic rings.